The largest absolute Gasteiger partial charge is 0.488 e. The van der Waals surface area contributed by atoms with Crippen molar-refractivity contribution in [3.63, 3.8) is 0 Å². The fourth-order valence-electron chi connectivity index (χ4n) is 10.5. The summed E-state index contributed by atoms with van der Waals surface area (Å²) in [6.45, 7) is 34.1. The highest BCUT2D eigenvalue weighted by molar-refractivity contribution is 5.90. The van der Waals surface area contributed by atoms with Gasteiger partial charge in [0.25, 0.3) is 0 Å². The molecule has 8 heteroatoms. The zero-order valence-corrected chi connectivity index (χ0v) is 45.2. The van der Waals surface area contributed by atoms with Crippen LogP contribution in [0.2, 0.25) is 0 Å². The number of furan rings is 2. The third-order valence-electron chi connectivity index (χ3n) is 12.9. The van der Waals surface area contributed by atoms with E-state index in [1.54, 1.807) is 0 Å². The molecule has 0 aliphatic heterocycles. The molecule has 1 atom stereocenters. The maximum atomic E-state index is 13.3. The van der Waals surface area contributed by atoms with Crippen LogP contribution in [0.3, 0.4) is 0 Å². The summed E-state index contributed by atoms with van der Waals surface area (Å²) in [6, 6.07) is 32.9. The van der Waals surface area contributed by atoms with Gasteiger partial charge in [-0.25, -0.2) is 4.79 Å². The number of aliphatic hydroxyl groups excluding tert-OH is 1. The Morgan fingerprint density at radius 3 is 1.44 bits per heavy atom. The lowest BCUT2D eigenvalue weighted by atomic mass is 9.64. The average molecular weight is 955 g/mol. The summed E-state index contributed by atoms with van der Waals surface area (Å²) in [4.78, 5) is 13.3. The van der Waals surface area contributed by atoms with Crippen molar-refractivity contribution in [2.45, 2.75) is 166 Å². The van der Waals surface area contributed by atoms with Crippen LogP contribution in [0.4, 0.5) is 0 Å². The van der Waals surface area contributed by atoms with Gasteiger partial charge in [-0.3, -0.25) is 0 Å². The van der Waals surface area contributed by atoms with Crippen molar-refractivity contribution >= 4 is 27.9 Å². The van der Waals surface area contributed by atoms with Gasteiger partial charge in [-0.1, -0.05) is 135 Å². The number of allylic oxidation sites excluding steroid dienone is 1. The van der Waals surface area contributed by atoms with Gasteiger partial charge in [0.05, 0.1) is 25.4 Å². The predicted octanol–water partition coefficient (Wildman–Crippen LogP) is 16.5. The number of fused-ring (bicyclic) bond motifs is 2. The van der Waals surface area contributed by atoms with Crippen LogP contribution in [-0.2, 0) is 14.3 Å². The van der Waals surface area contributed by atoms with E-state index in [0.29, 0.717) is 44.3 Å². The summed E-state index contributed by atoms with van der Waals surface area (Å²) in [5.41, 5.74) is 3.98. The molecule has 0 saturated heterocycles. The third-order valence-corrected chi connectivity index (χ3v) is 12.9. The van der Waals surface area contributed by atoms with E-state index in [1.807, 2.05) is 51.1 Å². The monoisotopic (exact) mass is 955 g/mol. The van der Waals surface area contributed by atoms with E-state index >= 15 is 0 Å². The number of carbonyl (C=O) groups is 1. The van der Waals surface area contributed by atoms with E-state index in [1.165, 1.54) is 11.1 Å². The first kappa shape index (κ1) is 54.0. The molecule has 4 aromatic carbocycles. The molecule has 0 fully saturated rings. The van der Waals surface area contributed by atoms with E-state index < -0.39 is 28.1 Å². The van der Waals surface area contributed by atoms with Gasteiger partial charge in [0, 0.05) is 39.6 Å². The van der Waals surface area contributed by atoms with E-state index in [2.05, 4.69) is 163 Å². The van der Waals surface area contributed by atoms with Gasteiger partial charge in [0.15, 0.2) is 0 Å². The fraction of sp³-hybridized carbons (Fsp3) is 0.500. The molecule has 6 aromatic rings. The molecule has 0 spiro atoms. The SMILES string of the molecule is Cc1ccc(-c2cc3ccc(OC(C)(C)CC(C)(C)C(OC(CO)CCCCOC(=O)/C(=C/C(C)(C)C)C(C)(C)C)C(C)(C)CC(C)(C)Oc4ccc5cc(-c6ccc(C)cc6)oc5c4)cc3o2)cc1. The lowest BCUT2D eigenvalue weighted by Gasteiger charge is -2.50. The van der Waals surface area contributed by atoms with Gasteiger partial charge < -0.3 is 32.9 Å². The van der Waals surface area contributed by atoms with Crippen molar-refractivity contribution in [2.24, 2.45) is 21.7 Å². The Hall–Kier alpha value is -5.31. The molecule has 1 N–H and O–H groups in total. The Balaban J connectivity index is 1.20. The van der Waals surface area contributed by atoms with Gasteiger partial charge in [-0.2, -0.15) is 0 Å². The van der Waals surface area contributed by atoms with Crippen molar-refractivity contribution in [1.29, 1.82) is 0 Å². The van der Waals surface area contributed by atoms with Gasteiger partial charge >= 0.3 is 5.97 Å². The molecule has 0 aliphatic rings. The zero-order chi connectivity index (χ0) is 51.5. The van der Waals surface area contributed by atoms with Crippen LogP contribution in [-0.4, -0.2) is 47.7 Å². The Kier molecular flexibility index (Phi) is 16.4. The number of esters is 1. The highest BCUT2D eigenvalue weighted by Gasteiger charge is 2.48. The molecule has 70 heavy (non-hydrogen) atoms. The fourth-order valence-corrected chi connectivity index (χ4v) is 10.5. The van der Waals surface area contributed by atoms with Crippen molar-refractivity contribution in [1.82, 2.24) is 0 Å². The Morgan fingerprint density at radius 2 is 1.04 bits per heavy atom. The summed E-state index contributed by atoms with van der Waals surface area (Å²) in [7, 11) is 0. The number of carbonyl (C=O) groups excluding carboxylic acids is 1. The number of ether oxygens (including phenoxy) is 4. The Morgan fingerprint density at radius 1 is 0.600 bits per heavy atom. The van der Waals surface area contributed by atoms with Crippen LogP contribution in [0.5, 0.6) is 11.5 Å². The normalized spacial score (nSPS) is 13.9. The van der Waals surface area contributed by atoms with E-state index in [4.69, 9.17) is 27.8 Å². The first-order valence-corrected chi connectivity index (χ1v) is 25.3. The summed E-state index contributed by atoms with van der Waals surface area (Å²) < 4.78 is 39.4. The molecule has 8 nitrogen and oxygen atoms in total. The van der Waals surface area contributed by atoms with Crippen molar-refractivity contribution in [3.05, 3.63) is 120 Å². The molecular weight excluding hydrogens is 873 g/mol. The second-order valence-corrected chi connectivity index (χ2v) is 24.5. The molecular formula is C62H82O8. The molecule has 0 saturated carbocycles. The van der Waals surface area contributed by atoms with Crippen LogP contribution in [0.15, 0.2) is 118 Å². The van der Waals surface area contributed by atoms with Gasteiger partial charge in [-0.05, 0) is 132 Å². The van der Waals surface area contributed by atoms with Gasteiger partial charge in [-0.15, -0.1) is 0 Å². The van der Waals surface area contributed by atoms with Crippen LogP contribution in [0, 0.1) is 35.5 Å². The number of aliphatic hydroxyl groups is 1. The van der Waals surface area contributed by atoms with E-state index in [0.717, 1.165) is 56.1 Å². The Labute approximate surface area is 419 Å². The molecule has 0 aliphatic carbocycles. The van der Waals surface area contributed by atoms with E-state index in [9.17, 15) is 9.90 Å². The maximum absolute atomic E-state index is 13.3. The number of hydrogen-bond donors (Lipinski definition) is 1. The molecule has 6 rings (SSSR count). The van der Waals surface area contributed by atoms with Gasteiger partial charge in [0.1, 0.15) is 45.4 Å². The summed E-state index contributed by atoms with van der Waals surface area (Å²) in [6.07, 6.45) is 4.44. The second-order valence-electron chi connectivity index (χ2n) is 24.5. The minimum atomic E-state index is -0.630. The quantitative estimate of drug-likeness (QED) is 0.0433. The topological polar surface area (TPSA) is 101 Å². The summed E-state index contributed by atoms with van der Waals surface area (Å²) in [5.74, 6) is 2.81. The first-order valence-electron chi connectivity index (χ1n) is 25.3. The molecule has 1 unspecified atom stereocenters. The van der Waals surface area contributed by atoms with Crippen molar-refractivity contribution in [2.75, 3.05) is 13.2 Å². The molecule has 2 heterocycles. The highest BCUT2D eigenvalue weighted by Crippen LogP contribution is 2.48. The lowest BCUT2D eigenvalue weighted by Crippen LogP contribution is -2.52. The molecule has 0 bridgehead atoms. The minimum Gasteiger partial charge on any atom is -0.488 e. The van der Waals surface area contributed by atoms with Gasteiger partial charge in [0.2, 0.25) is 0 Å². The van der Waals surface area contributed by atoms with Crippen LogP contribution >= 0.6 is 0 Å². The standard InChI is InChI=1S/C62H82O8/c1-41-20-24-43(25-21-41)51-33-45-28-30-47(35-53(45)67-51)69-61(13,14)39-59(9,10)56(66-49(38-63)19-17-18-32-65-55(64)50(58(6,7)8)37-57(3,4)5)60(11,12)40-62(15,16)70-48-31-29-46-34-52(68-54(46)36-48)44-26-22-42(2)23-27-44/h20-31,33-37,49,56,63H,17-19,32,38-40H2,1-16H3/b50-37-. The average Bonchev–Trinajstić information content (AvgIpc) is 3.86. The molecule has 0 radical (unpaired) electrons. The van der Waals surface area contributed by atoms with Crippen LogP contribution in [0.25, 0.3) is 44.6 Å². The number of benzene rings is 4. The highest BCUT2D eigenvalue weighted by atomic mass is 16.5. The zero-order valence-electron chi connectivity index (χ0n) is 45.2. The smallest absolute Gasteiger partial charge is 0.334 e. The number of unbranched alkanes of at least 4 members (excludes halogenated alkanes) is 1. The van der Waals surface area contributed by atoms with Crippen LogP contribution < -0.4 is 9.47 Å². The number of rotatable bonds is 21. The molecule has 2 aromatic heterocycles. The van der Waals surface area contributed by atoms with E-state index in [-0.39, 0.29) is 29.5 Å². The van der Waals surface area contributed by atoms with Crippen molar-refractivity contribution in [3.8, 4) is 34.1 Å². The number of hydrogen-bond acceptors (Lipinski definition) is 8. The molecule has 378 valence electrons. The maximum Gasteiger partial charge on any atom is 0.334 e. The predicted molar refractivity (Wildman–Crippen MR) is 287 cm³/mol. The number of aryl methyl sites for hydroxylation is 2. The summed E-state index contributed by atoms with van der Waals surface area (Å²) in [5, 5.41) is 13.0. The minimum absolute atomic E-state index is 0.147. The second kappa shape index (κ2) is 21.2. The summed E-state index contributed by atoms with van der Waals surface area (Å²) >= 11 is 0. The van der Waals surface area contributed by atoms with Crippen LogP contribution in [0.1, 0.15) is 140 Å². The molecule has 0 amide bonds. The lowest BCUT2D eigenvalue weighted by molar-refractivity contribution is -0.165. The first-order chi connectivity index (χ1) is 32.5. The Bertz CT molecular complexity index is 2560. The third kappa shape index (κ3) is 14.6. The van der Waals surface area contributed by atoms with Crippen molar-refractivity contribution < 1.29 is 37.7 Å².